The van der Waals surface area contributed by atoms with Gasteiger partial charge < -0.3 is 5.73 Å². The Morgan fingerprint density at radius 3 is 2.75 bits per heavy atom. The molecule has 16 heavy (non-hydrogen) atoms. The predicted molar refractivity (Wildman–Crippen MR) is 70.0 cm³/mol. The molecule has 0 aliphatic heterocycles. The van der Waals surface area contributed by atoms with Crippen LogP contribution in [0.15, 0.2) is 35.3 Å². The summed E-state index contributed by atoms with van der Waals surface area (Å²) in [4.78, 5) is 15.3. The Morgan fingerprint density at radius 2 is 2.19 bits per heavy atom. The van der Waals surface area contributed by atoms with Gasteiger partial charge in [0.25, 0.3) is 0 Å². The Bertz CT molecular complexity index is 351. The van der Waals surface area contributed by atoms with Crippen molar-refractivity contribution in [2.75, 3.05) is 12.0 Å². The Labute approximate surface area is 100 Å². The zero-order valence-electron chi connectivity index (χ0n) is 9.30. The van der Waals surface area contributed by atoms with Crippen LogP contribution in [-0.4, -0.2) is 30.2 Å². The number of hydrogen-bond acceptors (Lipinski definition) is 3. The van der Waals surface area contributed by atoms with E-state index in [4.69, 9.17) is 5.73 Å². The van der Waals surface area contributed by atoms with E-state index in [9.17, 15) is 4.79 Å². The van der Waals surface area contributed by atoms with E-state index in [0.29, 0.717) is 6.42 Å². The van der Waals surface area contributed by atoms with Crippen LogP contribution in [-0.2, 0) is 4.79 Å². The van der Waals surface area contributed by atoms with Gasteiger partial charge in [0.05, 0.1) is 0 Å². The first-order valence-corrected chi connectivity index (χ1v) is 6.50. The molecule has 1 amide bonds. The standard InChI is InChI=1S/C12H16N2OS/c1-16-8-7-11(12(13)15)14-9-10-5-3-2-4-6-10/h2-6,9,11H,7-8H2,1H3,(H2,13,15)/t11-/m1/s1. The average Bonchev–Trinajstić information content (AvgIpc) is 2.30. The lowest BCUT2D eigenvalue weighted by atomic mass is 10.2. The van der Waals surface area contributed by atoms with E-state index in [1.54, 1.807) is 18.0 Å². The van der Waals surface area contributed by atoms with E-state index < -0.39 is 6.04 Å². The van der Waals surface area contributed by atoms with Crippen molar-refractivity contribution in [2.45, 2.75) is 12.5 Å². The fraction of sp³-hybridized carbons (Fsp3) is 0.333. The normalized spacial score (nSPS) is 12.8. The number of thioether (sulfide) groups is 1. The molecule has 1 aromatic carbocycles. The summed E-state index contributed by atoms with van der Waals surface area (Å²) < 4.78 is 0. The number of rotatable bonds is 6. The monoisotopic (exact) mass is 236 g/mol. The van der Waals surface area contributed by atoms with Gasteiger partial charge in [0, 0.05) is 6.21 Å². The Morgan fingerprint density at radius 1 is 1.50 bits per heavy atom. The molecule has 0 radical (unpaired) electrons. The molecule has 2 N–H and O–H groups in total. The third kappa shape index (κ3) is 4.49. The average molecular weight is 236 g/mol. The molecule has 86 valence electrons. The third-order valence-electron chi connectivity index (χ3n) is 2.13. The molecular weight excluding hydrogens is 220 g/mol. The van der Waals surface area contributed by atoms with Crippen LogP contribution in [0, 0.1) is 0 Å². The fourth-order valence-corrected chi connectivity index (χ4v) is 1.69. The lowest BCUT2D eigenvalue weighted by molar-refractivity contribution is -0.119. The second-order valence-electron chi connectivity index (χ2n) is 3.39. The summed E-state index contributed by atoms with van der Waals surface area (Å²) in [6.07, 6.45) is 4.40. The van der Waals surface area contributed by atoms with Crippen molar-refractivity contribution in [1.82, 2.24) is 0 Å². The van der Waals surface area contributed by atoms with Gasteiger partial charge in [-0.25, -0.2) is 0 Å². The molecule has 0 heterocycles. The number of aliphatic imine (C=N–C) groups is 1. The van der Waals surface area contributed by atoms with Crippen LogP contribution in [0.5, 0.6) is 0 Å². The van der Waals surface area contributed by atoms with Gasteiger partial charge in [-0.05, 0) is 24.0 Å². The van der Waals surface area contributed by atoms with Crippen LogP contribution in [0.25, 0.3) is 0 Å². The van der Waals surface area contributed by atoms with Crippen LogP contribution in [0.3, 0.4) is 0 Å². The molecule has 1 aromatic rings. The first kappa shape index (κ1) is 12.8. The number of hydrogen-bond donors (Lipinski definition) is 1. The SMILES string of the molecule is CSCC[C@@H](N=Cc1ccccc1)C(N)=O. The van der Waals surface area contributed by atoms with Crippen molar-refractivity contribution in [2.24, 2.45) is 10.7 Å². The Balaban J connectivity index is 2.61. The van der Waals surface area contributed by atoms with E-state index in [-0.39, 0.29) is 5.91 Å². The second-order valence-corrected chi connectivity index (χ2v) is 4.37. The van der Waals surface area contributed by atoms with Crippen molar-refractivity contribution in [1.29, 1.82) is 0 Å². The van der Waals surface area contributed by atoms with Gasteiger partial charge in [0.1, 0.15) is 6.04 Å². The number of primary amides is 1. The summed E-state index contributed by atoms with van der Waals surface area (Å²) in [5.74, 6) is 0.529. The number of nitrogens with zero attached hydrogens (tertiary/aromatic N) is 1. The van der Waals surface area contributed by atoms with Gasteiger partial charge in [-0.3, -0.25) is 9.79 Å². The molecule has 0 saturated heterocycles. The molecule has 3 nitrogen and oxygen atoms in total. The molecule has 0 fully saturated rings. The maximum absolute atomic E-state index is 11.1. The molecule has 0 spiro atoms. The molecule has 4 heteroatoms. The van der Waals surface area contributed by atoms with Crippen LogP contribution in [0.1, 0.15) is 12.0 Å². The highest BCUT2D eigenvalue weighted by Crippen LogP contribution is 2.04. The van der Waals surface area contributed by atoms with E-state index in [0.717, 1.165) is 11.3 Å². The molecule has 0 aliphatic carbocycles. The van der Waals surface area contributed by atoms with E-state index in [2.05, 4.69) is 4.99 Å². The molecule has 0 saturated carbocycles. The van der Waals surface area contributed by atoms with Crippen LogP contribution in [0.4, 0.5) is 0 Å². The van der Waals surface area contributed by atoms with Gasteiger partial charge in [0.15, 0.2) is 0 Å². The summed E-state index contributed by atoms with van der Waals surface area (Å²) in [5.41, 5.74) is 6.26. The van der Waals surface area contributed by atoms with Crippen molar-refractivity contribution in [3.63, 3.8) is 0 Å². The number of carbonyl (C=O) groups excluding carboxylic acids is 1. The molecule has 0 aliphatic rings. The smallest absolute Gasteiger partial charge is 0.242 e. The number of benzene rings is 1. The van der Waals surface area contributed by atoms with Crippen LogP contribution < -0.4 is 5.73 Å². The molecular formula is C12H16N2OS. The maximum atomic E-state index is 11.1. The van der Waals surface area contributed by atoms with Crippen molar-refractivity contribution < 1.29 is 4.79 Å². The molecule has 1 rings (SSSR count). The van der Waals surface area contributed by atoms with E-state index in [1.807, 2.05) is 36.6 Å². The molecule has 1 atom stereocenters. The van der Waals surface area contributed by atoms with Gasteiger partial charge in [-0.2, -0.15) is 11.8 Å². The van der Waals surface area contributed by atoms with Crippen LogP contribution in [0.2, 0.25) is 0 Å². The molecule has 0 bridgehead atoms. The van der Waals surface area contributed by atoms with E-state index in [1.165, 1.54) is 0 Å². The first-order valence-electron chi connectivity index (χ1n) is 5.10. The molecule has 0 aromatic heterocycles. The highest BCUT2D eigenvalue weighted by atomic mass is 32.2. The largest absolute Gasteiger partial charge is 0.368 e. The van der Waals surface area contributed by atoms with Crippen molar-refractivity contribution in [3.05, 3.63) is 35.9 Å². The minimum absolute atomic E-state index is 0.360. The number of nitrogens with two attached hydrogens (primary N) is 1. The highest BCUT2D eigenvalue weighted by Gasteiger charge is 2.11. The van der Waals surface area contributed by atoms with Crippen molar-refractivity contribution in [3.8, 4) is 0 Å². The lowest BCUT2D eigenvalue weighted by Gasteiger charge is -2.06. The number of carbonyl (C=O) groups is 1. The van der Waals surface area contributed by atoms with Crippen LogP contribution >= 0.6 is 11.8 Å². The van der Waals surface area contributed by atoms with Gasteiger partial charge in [0.2, 0.25) is 5.91 Å². The summed E-state index contributed by atoms with van der Waals surface area (Å²) in [7, 11) is 0. The topological polar surface area (TPSA) is 55.4 Å². The van der Waals surface area contributed by atoms with E-state index >= 15 is 0 Å². The van der Waals surface area contributed by atoms with Gasteiger partial charge in [-0.15, -0.1) is 0 Å². The maximum Gasteiger partial charge on any atom is 0.242 e. The third-order valence-corrected chi connectivity index (χ3v) is 2.77. The Kier molecular flexibility index (Phi) is 5.64. The lowest BCUT2D eigenvalue weighted by Crippen LogP contribution is -2.27. The quantitative estimate of drug-likeness (QED) is 0.764. The summed E-state index contributed by atoms with van der Waals surface area (Å²) in [6.45, 7) is 0. The highest BCUT2D eigenvalue weighted by molar-refractivity contribution is 7.98. The summed E-state index contributed by atoms with van der Waals surface area (Å²) in [5, 5.41) is 0. The Hall–Kier alpha value is -1.29. The zero-order chi connectivity index (χ0) is 11.8. The minimum Gasteiger partial charge on any atom is -0.368 e. The summed E-state index contributed by atoms with van der Waals surface area (Å²) in [6, 6.07) is 9.28. The molecule has 0 unspecified atom stereocenters. The minimum atomic E-state index is -0.410. The zero-order valence-corrected chi connectivity index (χ0v) is 10.1. The second kappa shape index (κ2) is 7.06. The van der Waals surface area contributed by atoms with Gasteiger partial charge >= 0.3 is 0 Å². The number of amides is 1. The van der Waals surface area contributed by atoms with Crippen molar-refractivity contribution >= 4 is 23.9 Å². The fourth-order valence-electron chi connectivity index (χ4n) is 1.23. The first-order chi connectivity index (χ1) is 7.74. The predicted octanol–water partition coefficient (Wildman–Crippen LogP) is 1.71. The van der Waals surface area contributed by atoms with Gasteiger partial charge in [-0.1, -0.05) is 30.3 Å². The summed E-state index contributed by atoms with van der Waals surface area (Å²) >= 11 is 1.69.